The topological polar surface area (TPSA) is 63.3 Å². The molecular weight excluding hydrogens is 254 g/mol. The maximum Gasteiger partial charge on any atom is 0.303 e. The third kappa shape index (κ3) is 2.59. The third-order valence-corrected chi connectivity index (χ3v) is 3.81. The van der Waals surface area contributed by atoms with Gasteiger partial charge in [-0.15, -0.1) is 0 Å². The van der Waals surface area contributed by atoms with Gasteiger partial charge in [0, 0.05) is 12.0 Å². The van der Waals surface area contributed by atoms with Gasteiger partial charge in [0.25, 0.3) is 0 Å². The molecule has 1 heterocycles. The van der Waals surface area contributed by atoms with E-state index in [-0.39, 0.29) is 6.42 Å². The number of aryl methyl sites for hydroxylation is 3. The molecule has 0 aliphatic carbocycles. The van der Waals surface area contributed by atoms with Gasteiger partial charge in [-0.05, 0) is 49.9 Å². The Balaban J connectivity index is 2.52. The number of hydrogen-bond acceptors (Lipinski definition) is 3. The van der Waals surface area contributed by atoms with Crippen LogP contribution in [0.25, 0.3) is 11.3 Å². The highest BCUT2D eigenvalue weighted by Crippen LogP contribution is 2.33. The number of benzene rings is 1. The molecule has 0 spiro atoms. The summed E-state index contributed by atoms with van der Waals surface area (Å²) in [6, 6.07) is 2.16. The molecule has 4 heteroatoms. The number of oxazole rings is 1. The van der Waals surface area contributed by atoms with Crippen molar-refractivity contribution in [2.75, 3.05) is 0 Å². The van der Waals surface area contributed by atoms with Gasteiger partial charge in [-0.1, -0.05) is 6.07 Å². The van der Waals surface area contributed by atoms with Gasteiger partial charge in [0.1, 0.15) is 11.5 Å². The number of carboxylic acid groups (broad SMARTS) is 1. The van der Waals surface area contributed by atoms with Gasteiger partial charge in [0.05, 0.1) is 6.42 Å². The highest BCUT2D eigenvalue weighted by molar-refractivity contribution is 5.73. The summed E-state index contributed by atoms with van der Waals surface area (Å²) in [5.41, 5.74) is 6.58. The number of hydrogen-bond donors (Lipinski definition) is 1. The molecule has 0 bridgehead atoms. The van der Waals surface area contributed by atoms with Crippen molar-refractivity contribution < 1.29 is 14.3 Å². The molecule has 4 nitrogen and oxygen atoms in total. The Kier molecular flexibility index (Phi) is 3.93. The fourth-order valence-corrected chi connectivity index (χ4v) is 2.44. The standard InChI is InChI=1S/C16H19NO3/c1-9-7-10(2)12(4)15(11(9)3)16-13(20-8-17-16)5-6-14(18)19/h7-8H,5-6H2,1-4H3,(H,18,19). The molecule has 2 rings (SSSR count). The lowest BCUT2D eigenvalue weighted by molar-refractivity contribution is -0.137. The SMILES string of the molecule is Cc1cc(C)c(C)c(-c2ncoc2CCC(=O)O)c1C. The van der Waals surface area contributed by atoms with E-state index in [1.807, 2.05) is 0 Å². The van der Waals surface area contributed by atoms with E-state index in [1.54, 1.807) is 0 Å². The summed E-state index contributed by atoms with van der Waals surface area (Å²) < 4.78 is 5.38. The summed E-state index contributed by atoms with van der Waals surface area (Å²) >= 11 is 0. The van der Waals surface area contributed by atoms with Crippen LogP contribution in [0.2, 0.25) is 0 Å². The minimum absolute atomic E-state index is 0.0467. The number of carboxylic acids is 1. The van der Waals surface area contributed by atoms with Crippen molar-refractivity contribution in [2.45, 2.75) is 40.5 Å². The maximum atomic E-state index is 10.7. The van der Waals surface area contributed by atoms with Crippen LogP contribution >= 0.6 is 0 Å². The fraction of sp³-hybridized carbons (Fsp3) is 0.375. The van der Waals surface area contributed by atoms with Crippen LogP contribution in [0, 0.1) is 27.7 Å². The lowest BCUT2D eigenvalue weighted by Crippen LogP contribution is -2.00. The zero-order chi connectivity index (χ0) is 14.9. The molecule has 0 atom stereocenters. The Morgan fingerprint density at radius 3 is 2.35 bits per heavy atom. The number of carbonyl (C=O) groups is 1. The first-order valence-electron chi connectivity index (χ1n) is 6.63. The second-order valence-corrected chi connectivity index (χ2v) is 5.15. The highest BCUT2D eigenvalue weighted by Gasteiger charge is 2.18. The average molecular weight is 273 g/mol. The van der Waals surface area contributed by atoms with E-state index >= 15 is 0 Å². The van der Waals surface area contributed by atoms with E-state index in [4.69, 9.17) is 9.52 Å². The molecule has 0 radical (unpaired) electrons. The predicted octanol–water partition coefficient (Wildman–Crippen LogP) is 3.59. The molecule has 20 heavy (non-hydrogen) atoms. The van der Waals surface area contributed by atoms with E-state index < -0.39 is 5.97 Å². The molecule has 106 valence electrons. The van der Waals surface area contributed by atoms with E-state index in [1.165, 1.54) is 28.6 Å². The smallest absolute Gasteiger partial charge is 0.303 e. The molecular formula is C16H19NO3. The van der Waals surface area contributed by atoms with Crippen LogP contribution in [-0.2, 0) is 11.2 Å². The van der Waals surface area contributed by atoms with Crippen LogP contribution in [0.3, 0.4) is 0 Å². The van der Waals surface area contributed by atoms with Crippen molar-refractivity contribution in [3.05, 3.63) is 40.5 Å². The van der Waals surface area contributed by atoms with Gasteiger partial charge in [0.15, 0.2) is 6.39 Å². The zero-order valence-electron chi connectivity index (χ0n) is 12.3. The fourth-order valence-electron chi connectivity index (χ4n) is 2.44. The molecule has 0 unspecified atom stereocenters. The van der Waals surface area contributed by atoms with Crippen LogP contribution in [0.4, 0.5) is 0 Å². The zero-order valence-corrected chi connectivity index (χ0v) is 12.3. The van der Waals surface area contributed by atoms with Crippen LogP contribution in [0.15, 0.2) is 16.9 Å². The molecule has 1 aromatic carbocycles. The van der Waals surface area contributed by atoms with Gasteiger partial charge in [-0.25, -0.2) is 4.98 Å². The first-order valence-corrected chi connectivity index (χ1v) is 6.63. The molecule has 0 aliphatic rings. The van der Waals surface area contributed by atoms with Gasteiger partial charge < -0.3 is 9.52 Å². The van der Waals surface area contributed by atoms with Gasteiger partial charge in [-0.2, -0.15) is 0 Å². The summed E-state index contributed by atoms with van der Waals surface area (Å²) in [7, 11) is 0. The van der Waals surface area contributed by atoms with Crippen molar-refractivity contribution in [2.24, 2.45) is 0 Å². The number of nitrogens with zero attached hydrogens (tertiary/aromatic N) is 1. The summed E-state index contributed by atoms with van der Waals surface area (Å²) in [5, 5.41) is 8.81. The van der Waals surface area contributed by atoms with Crippen LogP contribution in [-0.4, -0.2) is 16.1 Å². The second-order valence-electron chi connectivity index (χ2n) is 5.15. The van der Waals surface area contributed by atoms with Crippen molar-refractivity contribution in [1.29, 1.82) is 0 Å². The lowest BCUT2D eigenvalue weighted by atomic mass is 9.91. The normalized spacial score (nSPS) is 10.8. The summed E-state index contributed by atoms with van der Waals surface area (Å²) in [6.07, 6.45) is 1.80. The minimum atomic E-state index is -0.832. The monoisotopic (exact) mass is 273 g/mol. The summed E-state index contributed by atoms with van der Waals surface area (Å²) in [4.78, 5) is 15.0. The van der Waals surface area contributed by atoms with E-state index in [9.17, 15) is 4.79 Å². The largest absolute Gasteiger partial charge is 0.481 e. The quantitative estimate of drug-likeness (QED) is 0.924. The van der Waals surface area contributed by atoms with E-state index in [2.05, 4.69) is 38.7 Å². The van der Waals surface area contributed by atoms with Gasteiger partial charge in [0.2, 0.25) is 0 Å². The minimum Gasteiger partial charge on any atom is -0.481 e. The third-order valence-electron chi connectivity index (χ3n) is 3.81. The maximum absolute atomic E-state index is 10.7. The van der Waals surface area contributed by atoms with Gasteiger partial charge in [-0.3, -0.25) is 4.79 Å². The van der Waals surface area contributed by atoms with Gasteiger partial charge >= 0.3 is 5.97 Å². The van der Waals surface area contributed by atoms with Crippen molar-refractivity contribution >= 4 is 5.97 Å². The molecule has 0 fully saturated rings. The summed E-state index contributed by atoms with van der Waals surface area (Å²) in [5.74, 6) is -0.190. The Morgan fingerprint density at radius 2 is 1.80 bits per heavy atom. The number of aliphatic carboxylic acids is 1. The van der Waals surface area contributed by atoms with Crippen molar-refractivity contribution in [3.63, 3.8) is 0 Å². The first kappa shape index (κ1) is 14.3. The van der Waals surface area contributed by atoms with Crippen molar-refractivity contribution in [3.8, 4) is 11.3 Å². The summed E-state index contributed by atoms with van der Waals surface area (Å²) in [6.45, 7) is 8.27. The number of aromatic nitrogens is 1. The van der Waals surface area contributed by atoms with Crippen LogP contribution in [0.5, 0.6) is 0 Å². The molecule has 1 N–H and O–H groups in total. The van der Waals surface area contributed by atoms with E-state index in [0.29, 0.717) is 12.2 Å². The lowest BCUT2D eigenvalue weighted by Gasteiger charge is -2.14. The van der Waals surface area contributed by atoms with Crippen LogP contribution in [0.1, 0.15) is 34.4 Å². The molecule has 0 saturated heterocycles. The van der Waals surface area contributed by atoms with Crippen LogP contribution < -0.4 is 0 Å². The Morgan fingerprint density at radius 1 is 1.20 bits per heavy atom. The Bertz CT molecular complexity index is 630. The molecule has 0 aliphatic heterocycles. The van der Waals surface area contributed by atoms with E-state index in [0.717, 1.165) is 11.3 Å². The first-order chi connectivity index (χ1) is 9.41. The second kappa shape index (κ2) is 5.49. The number of rotatable bonds is 4. The molecule has 2 aromatic rings. The Hall–Kier alpha value is -2.10. The predicted molar refractivity (Wildman–Crippen MR) is 76.8 cm³/mol. The molecule has 0 amide bonds. The molecule has 0 saturated carbocycles. The highest BCUT2D eigenvalue weighted by atomic mass is 16.4. The Labute approximate surface area is 118 Å². The van der Waals surface area contributed by atoms with Crippen molar-refractivity contribution in [1.82, 2.24) is 4.98 Å². The average Bonchev–Trinajstić information content (AvgIpc) is 2.83. The molecule has 1 aromatic heterocycles.